The number of aliphatic hydroxyl groups excluding tert-OH is 1. The molecule has 19 heavy (non-hydrogen) atoms. The zero-order chi connectivity index (χ0) is 13.2. The molecule has 0 saturated heterocycles. The molecule has 0 fully saturated rings. The summed E-state index contributed by atoms with van der Waals surface area (Å²) < 4.78 is 0. The lowest BCUT2D eigenvalue weighted by molar-refractivity contribution is 0.152. The predicted molar refractivity (Wildman–Crippen MR) is 76.1 cm³/mol. The van der Waals surface area contributed by atoms with E-state index >= 15 is 0 Å². The zero-order valence-corrected chi connectivity index (χ0v) is 11.2. The summed E-state index contributed by atoms with van der Waals surface area (Å²) in [7, 11) is 0. The van der Waals surface area contributed by atoms with Gasteiger partial charge in [0.25, 0.3) is 0 Å². The Balaban J connectivity index is 1.75. The Labute approximate surface area is 114 Å². The van der Waals surface area contributed by atoms with Crippen LogP contribution in [-0.4, -0.2) is 10.1 Å². The molecule has 0 aliphatic heterocycles. The second kappa shape index (κ2) is 5.14. The van der Waals surface area contributed by atoms with E-state index in [1.165, 1.54) is 11.1 Å². The fourth-order valence-electron chi connectivity index (χ4n) is 3.03. The summed E-state index contributed by atoms with van der Waals surface area (Å²) in [5.74, 6) is 0.504. The Hall–Kier alpha value is -1.67. The van der Waals surface area contributed by atoms with E-state index in [4.69, 9.17) is 0 Å². The van der Waals surface area contributed by atoms with Gasteiger partial charge in [0.05, 0.1) is 6.10 Å². The molecule has 0 saturated carbocycles. The van der Waals surface area contributed by atoms with Crippen LogP contribution in [0.1, 0.15) is 47.6 Å². The SMILES string of the molecule is CCc1cnccc1C(O)CC1Cc2ccccc21. The lowest BCUT2D eigenvalue weighted by atomic mass is 9.74. The maximum Gasteiger partial charge on any atom is 0.0799 e. The van der Waals surface area contributed by atoms with Crippen LogP contribution in [0.25, 0.3) is 0 Å². The molecule has 0 spiro atoms. The van der Waals surface area contributed by atoms with Crippen LogP contribution in [0.2, 0.25) is 0 Å². The first-order valence-electron chi connectivity index (χ1n) is 6.98. The number of hydrogen-bond acceptors (Lipinski definition) is 2. The van der Waals surface area contributed by atoms with Gasteiger partial charge in [-0.05, 0) is 53.5 Å². The molecule has 1 aliphatic carbocycles. The fourth-order valence-corrected chi connectivity index (χ4v) is 3.03. The third kappa shape index (κ3) is 2.28. The molecule has 1 aromatic carbocycles. The van der Waals surface area contributed by atoms with E-state index in [9.17, 15) is 5.11 Å². The average Bonchev–Trinajstić information content (AvgIpc) is 2.44. The molecule has 98 valence electrons. The van der Waals surface area contributed by atoms with Crippen molar-refractivity contribution < 1.29 is 5.11 Å². The van der Waals surface area contributed by atoms with Crippen LogP contribution in [-0.2, 0) is 12.8 Å². The Kier molecular flexibility index (Phi) is 3.34. The number of nitrogens with zero attached hydrogens (tertiary/aromatic N) is 1. The van der Waals surface area contributed by atoms with Crippen molar-refractivity contribution in [3.63, 3.8) is 0 Å². The highest BCUT2D eigenvalue weighted by Gasteiger charge is 2.28. The van der Waals surface area contributed by atoms with Gasteiger partial charge in [0.1, 0.15) is 0 Å². The Morgan fingerprint density at radius 1 is 1.32 bits per heavy atom. The number of fused-ring (bicyclic) bond motifs is 1. The highest BCUT2D eigenvalue weighted by molar-refractivity contribution is 5.40. The van der Waals surface area contributed by atoms with Crippen LogP contribution in [0, 0.1) is 0 Å². The maximum atomic E-state index is 10.5. The van der Waals surface area contributed by atoms with E-state index in [0.717, 1.165) is 30.4 Å². The van der Waals surface area contributed by atoms with Crippen molar-refractivity contribution in [1.29, 1.82) is 0 Å². The number of aliphatic hydroxyl groups is 1. The van der Waals surface area contributed by atoms with Gasteiger partial charge >= 0.3 is 0 Å². The molecule has 2 heteroatoms. The normalized spacial score (nSPS) is 18.5. The summed E-state index contributed by atoms with van der Waals surface area (Å²) >= 11 is 0. The molecule has 1 heterocycles. The molecule has 2 unspecified atom stereocenters. The van der Waals surface area contributed by atoms with Crippen LogP contribution in [0.4, 0.5) is 0 Å². The first-order chi connectivity index (χ1) is 9.29. The number of aryl methyl sites for hydroxylation is 1. The molecule has 1 aliphatic rings. The van der Waals surface area contributed by atoms with Gasteiger partial charge in [-0.1, -0.05) is 31.2 Å². The molecule has 0 bridgehead atoms. The topological polar surface area (TPSA) is 33.1 Å². The van der Waals surface area contributed by atoms with E-state index in [2.05, 4.69) is 36.2 Å². The van der Waals surface area contributed by atoms with Crippen molar-refractivity contribution in [1.82, 2.24) is 4.98 Å². The molecular weight excluding hydrogens is 234 g/mol. The molecule has 3 rings (SSSR count). The van der Waals surface area contributed by atoms with Crippen molar-refractivity contribution in [2.24, 2.45) is 0 Å². The smallest absolute Gasteiger partial charge is 0.0799 e. The molecule has 2 nitrogen and oxygen atoms in total. The van der Waals surface area contributed by atoms with Crippen molar-refractivity contribution in [3.8, 4) is 0 Å². The second-order valence-electron chi connectivity index (χ2n) is 5.28. The third-order valence-corrected chi connectivity index (χ3v) is 4.15. The number of aromatic nitrogens is 1. The van der Waals surface area contributed by atoms with E-state index in [0.29, 0.717) is 5.92 Å². The van der Waals surface area contributed by atoms with Gasteiger partial charge in [-0.25, -0.2) is 0 Å². The minimum absolute atomic E-state index is 0.378. The van der Waals surface area contributed by atoms with E-state index in [-0.39, 0.29) is 6.10 Å². The predicted octanol–water partition coefficient (Wildman–Crippen LogP) is 3.41. The fraction of sp³-hybridized carbons (Fsp3) is 0.353. The highest BCUT2D eigenvalue weighted by atomic mass is 16.3. The lowest BCUT2D eigenvalue weighted by Crippen LogP contribution is -2.19. The highest BCUT2D eigenvalue weighted by Crippen LogP contribution is 2.41. The average molecular weight is 253 g/mol. The molecule has 1 aromatic heterocycles. The standard InChI is InChI=1S/C17H19NO/c1-2-12-11-18-8-7-16(12)17(19)10-14-9-13-5-3-4-6-15(13)14/h3-8,11,14,17,19H,2,9-10H2,1H3. The van der Waals surface area contributed by atoms with Crippen LogP contribution in [0.15, 0.2) is 42.7 Å². The minimum Gasteiger partial charge on any atom is -0.388 e. The van der Waals surface area contributed by atoms with E-state index in [1.807, 2.05) is 12.3 Å². The summed E-state index contributed by atoms with van der Waals surface area (Å²) in [4.78, 5) is 4.14. The second-order valence-corrected chi connectivity index (χ2v) is 5.28. The molecule has 0 amide bonds. The van der Waals surface area contributed by atoms with Gasteiger partial charge in [-0.15, -0.1) is 0 Å². The number of pyridine rings is 1. The van der Waals surface area contributed by atoms with Gasteiger partial charge in [0.2, 0.25) is 0 Å². The molecule has 2 atom stereocenters. The van der Waals surface area contributed by atoms with Crippen LogP contribution < -0.4 is 0 Å². The van der Waals surface area contributed by atoms with Gasteiger partial charge in [0.15, 0.2) is 0 Å². The van der Waals surface area contributed by atoms with Crippen molar-refractivity contribution in [2.45, 2.75) is 38.2 Å². The van der Waals surface area contributed by atoms with Crippen molar-refractivity contribution in [2.75, 3.05) is 0 Å². The zero-order valence-electron chi connectivity index (χ0n) is 11.2. The summed E-state index contributed by atoms with van der Waals surface area (Å²) in [6.07, 6.45) is 6.09. The minimum atomic E-state index is -0.378. The largest absolute Gasteiger partial charge is 0.388 e. The van der Waals surface area contributed by atoms with Gasteiger partial charge in [-0.2, -0.15) is 0 Å². The first kappa shape index (κ1) is 12.4. The van der Waals surface area contributed by atoms with Gasteiger partial charge < -0.3 is 5.11 Å². The van der Waals surface area contributed by atoms with Crippen LogP contribution >= 0.6 is 0 Å². The van der Waals surface area contributed by atoms with Crippen LogP contribution in [0.3, 0.4) is 0 Å². The summed E-state index contributed by atoms with van der Waals surface area (Å²) in [5, 5.41) is 10.5. The summed E-state index contributed by atoms with van der Waals surface area (Å²) in [6, 6.07) is 10.5. The molecule has 2 aromatic rings. The monoisotopic (exact) mass is 253 g/mol. The summed E-state index contributed by atoms with van der Waals surface area (Å²) in [6.45, 7) is 2.10. The van der Waals surface area contributed by atoms with Crippen LogP contribution in [0.5, 0.6) is 0 Å². The Bertz CT molecular complexity index is 579. The Morgan fingerprint density at radius 2 is 2.16 bits per heavy atom. The Morgan fingerprint density at radius 3 is 2.95 bits per heavy atom. The molecular formula is C17H19NO. The van der Waals surface area contributed by atoms with Gasteiger partial charge in [-0.3, -0.25) is 4.98 Å². The van der Waals surface area contributed by atoms with Crippen molar-refractivity contribution >= 4 is 0 Å². The number of benzene rings is 1. The number of hydrogen-bond donors (Lipinski definition) is 1. The third-order valence-electron chi connectivity index (χ3n) is 4.15. The molecule has 1 N–H and O–H groups in total. The van der Waals surface area contributed by atoms with E-state index in [1.54, 1.807) is 6.20 Å². The number of rotatable bonds is 4. The van der Waals surface area contributed by atoms with Crippen molar-refractivity contribution in [3.05, 3.63) is 65.0 Å². The lowest BCUT2D eigenvalue weighted by Gasteiger charge is -2.32. The van der Waals surface area contributed by atoms with E-state index < -0.39 is 0 Å². The molecule has 0 radical (unpaired) electrons. The maximum absolute atomic E-state index is 10.5. The quantitative estimate of drug-likeness (QED) is 0.905. The summed E-state index contributed by atoms with van der Waals surface area (Å²) in [5.41, 5.74) is 5.04. The van der Waals surface area contributed by atoms with Gasteiger partial charge in [0, 0.05) is 12.4 Å². The first-order valence-corrected chi connectivity index (χ1v) is 6.98.